The van der Waals surface area contributed by atoms with E-state index in [0.29, 0.717) is 6.54 Å². The summed E-state index contributed by atoms with van der Waals surface area (Å²) < 4.78 is 1.96. The molecule has 148 valence electrons. The molecule has 0 radical (unpaired) electrons. The molecule has 3 heterocycles. The first-order valence-electron chi connectivity index (χ1n) is 9.81. The fraction of sp³-hybridized carbons (Fsp3) is 0.304. The van der Waals surface area contributed by atoms with Gasteiger partial charge in [-0.05, 0) is 50.5 Å². The van der Waals surface area contributed by atoms with Gasteiger partial charge in [0.2, 0.25) is 0 Å². The third-order valence-electron chi connectivity index (χ3n) is 5.00. The lowest BCUT2D eigenvalue weighted by Crippen LogP contribution is -2.25. The van der Waals surface area contributed by atoms with Gasteiger partial charge in [-0.3, -0.25) is 4.98 Å². The van der Waals surface area contributed by atoms with Gasteiger partial charge < -0.3 is 4.90 Å². The van der Waals surface area contributed by atoms with E-state index < -0.39 is 0 Å². The van der Waals surface area contributed by atoms with Crippen LogP contribution in [0.25, 0.3) is 11.0 Å². The topological polar surface area (TPSA) is 59.7 Å². The third kappa shape index (κ3) is 3.97. The number of nitrogens with zero attached hydrogens (tertiary/aromatic N) is 6. The van der Waals surface area contributed by atoms with Gasteiger partial charge >= 0.3 is 0 Å². The van der Waals surface area contributed by atoms with Crippen molar-refractivity contribution in [3.63, 3.8) is 0 Å². The first-order valence-corrected chi connectivity index (χ1v) is 9.81. The summed E-state index contributed by atoms with van der Waals surface area (Å²) in [7, 11) is 0. The van der Waals surface area contributed by atoms with Crippen molar-refractivity contribution in [3.05, 3.63) is 78.0 Å². The maximum Gasteiger partial charge on any atom is 0.163 e. The van der Waals surface area contributed by atoms with Gasteiger partial charge in [0.1, 0.15) is 12.1 Å². The number of rotatable bonds is 5. The number of hydrogen-bond donors (Lipinski definition) is 0. The first kappa shape index (κ1) is 19.1. The molecule has 6 heteroatoms. The summed E-state index contributed by atoms with van der Waals surface area (Å²) in [5.41, 5.74) is 4.36. The van der Waals surface area contributed by atoms with Gasteiger partial charge in [0, 0.05) is 25.5 Å². The molecular formula is C23H26N6. The molecule has 0 spiro atoms. The van der Waals surface area contributed by atoms with E-state index in [2.05, 4.69) is 83.0 Å². The van der Waals surface area contributed by atoms with Crippen LogP contribution in [0.2, 0.25) is 0 Å². The van der Waals surface area contributed by atoms with Crippen LogP contribution in [0.3, 0.4) is 0 Å². The van der Waals surface area contributed by atoms with E-state index in [1.54, 1.807) is 12.5 Å². The van der Waals surface area contributed by atoms with Crippen LogP contribution < -0.4 is 4.90 Å². The summed E-state index contributed by atoms with van der Waals surface area (Å²) in [6.45, 7) is 9.97. The molecule has 6 nitrogen and oxygen atoms in total. The van der Waals surface area contributed by atoms with Crippen molar-refractivity contribution < 1.29 is 0 Å². The average Bonchev–Trinajstić information content (AvgIpc) is 3.15. The van der Waals surface area contributed by atoms with E-state index in [9.17, 15) is 0 Å². The summed E-state index contributed by atoms with van der Waals surface area (Å²) >= 11 is 0. The molecule has 0 atom stereocenters. The molecule has 3 aromatic heterocycles. The van der Waals surface area contributed by atoms with Crippen LogP contribution in [0.5, 0.6) is 0 Å². The van der Waals surface area contributed by atoms with Crippen LogP contribution >= 0.6 is 0 Å². The van der Waals surface area contributed by atoms with E-state index in [0.717, 1.165) is 29.0 Å². The minimum atomic E-state index is -0.155. The molecule has 0 aliphatic rings. The number of fused-ring (bicyclic) bond motifs is 1. The predicted molar refractivity (Wildman–Crippen MR) is 116 cm³/mol. The number of aryl methyl sites for hydroxylation is 1. The van der Waals surface area contributed by atoms with Crippen LogP contribution in [0, 0.1) is 6.92 Å². The molecule has 0 amide bonds. The van der Waals surface area contributed by atoms with E-state index in [-0.39, 0.29) is 5.54 Å². The van der Waals surface area contributed by atoms with Crippen LogP contribution in [-0.4, -0.2) is 24.7 Å². The molecule has 0 saturated heterocycles. The summed E-state index contributed by atoms with van der Waals surface area (Å²) in [4.78, 5) is 15.8. The second kappa shape index (κ2) is 7.62. The van der Waals surface area contributed by atoms with Crippen LogP contribution in [0.15, 0.2) is 61.3 Å². The second-order valence-corrected chi connectivity index (χ2v) is 8.31. The SMILES string of the molecule is Cc1ccccc1CN(Cc1cccnc1)c1ncnc2c1cnn2C(C)(C)C. The molecule has 0 saturated carbocycles. The Morgan fingerprint density at radius 1 is 0.966 bits per heavy atom. The highest BCUT2D eigenvalue weighted by molar-refractivity contribution is 5.86. The zero-order valence-corrected chi connectivity index (χ0v) is 17.4. The number of aromatic nitrogens is 5. The van der Waals surface area contributed by atoms with Crippen molar-refractivity contribution in [1.82, 2.24) is 24.7 Å². The van der Waals surface area contributed by atoms with Crippen LogP contribution in [0.4, 0.5) is 5.82 Å². The Balaban J connectivity index is 1.80. The number of hydrogen-bond acceptors (Lipinski definition) is 5. The molecule has 29 heavy (non-hydrogen) atoms. The third-order valence-corrected chi connectivity index (χ3v) is 5.00. The van der Waals surface area contributed by atoms with Gasteiger partial charge in [0.15, 0.2) is 5.65 Å². The molecule has 0 fully saturated rings. The van der Waals surface area contributed by atoms with Crippen molar-refractivity contribution in [1.29, 1.82) is 0 Å². The number of anilines is 1. The highest BCUT2D eigenvalue weighted by Crippen LogP contribution is 2.28. The van der Waals surface area contributed by atoms with Gasteiger partial charge in [-0.25, -0.2) is 14.6 Å². The zero-order chi connectivity index (χ0) is 20.4. The summed E-state index contributed by atoms with van der Waals surface area (Å²) in [6.07, 6.45) is 7.22. The van der Waals surface area contributed by atoms with Gasteiger partial charge in [0.25, 0.3) is 0 Å². The molecule has 0 bridgehead atoms. The molecule has 4 rings (SSSR count). The summed E-state index contributed by atoms with van der Waals surface area (Å²) in [5.74, 6) is 0.887. The van der Waals surface area contributed by atoms with E-state index >= 15 is 0 Å². The fourth-order valence-corrected chi connectivity index (χ4v) is 3.49. The van der Waals surface area contributed by atoms with Gasteiger partial charge in [-0.15, -0.1) is 0 Å². The van der Waals surface area contributed by atoms with Crippen molar-refractivity contribution in [3.8, 4) is 0 Å². The van der Waals surface area contributed by atoms with Gasteiger partial charge in [-0.2, -0.15) is 5.10 Å². The van der Waals surface area contributed by atoms with E-state index in [4.69, 9.17) is 0 Å². The summed E-state index contributed by atoms with van der Waals surface area (Å²) in [6, 6.07) is 12.5. The Morgan fingerprint density at radius 3 is 2.52 bits per heavy atom. The Bertz CT molecular complexity index is 1110. The molecule has 1 aromatic carbocycles. The molecule has 0 unspecified atom stereocenters. The van der Waals surface area contributed by atoms with Crippen molar-refractivity contribution in [2.24, 2.45) is 0 Å². The quantitative estimate of drug-likeness (QED) is 0.506. The van der Waals surface area contributed by atoms with Crippen molar-refractivity contribution >= 4 is 16.9 Å². The predicted octanol–water partition coefficient (Wildman–Crippen LogP) is 4.49. The number of benzene rings is 1. The van der Waals surface area contributed by atoms with Gasteiger partial charge in [0.05, 0.1) is 17.1 Å². The van der Waals surface area contributed by atoms with Crippen LogP contribution in [0.1, 0.15) is 37.5 Å². The minimum absolute atomic E-state index is 0.155. The number of pyridine rings is 1. The molecule has 4 aromatic rings. The lowest BCUT2D eigenvalue weighted by atomic mass is 10.1. The molecule has 0 aliphatic heterocycles. The van der Waals surface area contributed by atoms with Gasteiger partial charge in [-0.1, -0.05) is 30.3 Å². The largest absolute Gasteiger partial charge is 0.347 e. The minimum Gasteiger partial charge on any atom is -0.347 e. The molecule has 0 N–H and O–H groups in total. The second-order valence-electron chi connectivity index (χ2n) is 8.31. The Kier molecular flexibility index (Phi) is 5.01. The normalized spacial score (nSPS) is 11.7. The molecule has 0 aliphatic carbocycles. The smallest absolute Gasteiger partial charge is 0.163 e. The maximum absolute atomic E-state index is 4.67. The van der Waals surface area contributed by atoms with Crippen LogP contribution in [-0.2, 0) is 18.6 Å². The van der Waals surface area contributed by atoms with Crippen molar-refractivity contribution in [2.45, 2.75) is 46.3 Å². The lowest BCUT2D eigenvalue weighted by molar-refractivity contribution is 0.366. The fourth-order valence-electron chi connectivity index (χ4n) is 3.49. The Morgan fingerprint density at radius 2 is 1.79 bits per heavy atom. The Labute approximate surface area is 171 Å². The summed E-state index contributed by atoms with van der Waals surface area (Å²) in [5, 5.41) is 5.57. The zero-order valence-electron chi connectivity index (χ0n) is 17.4. The maximum atomic E-state index is 4.67. The Hall–Kier alpha value is -3.28. The average molecular weight is 387 g/mol. The van der Waals surface area contributed by atoms with Crippen molar-refractivity contribution in [2.75, 3.05) is 4.90 Å². The van der Waals surface area contributed by atoms with E-state index in [1.807, 2.05) is 23.1 Å². The highest BCUT2D eigenvalue weighted by Gasteiger charge is 2.22. The molecular weight excluding hydrogens is 360 g/mol. The monoisotopic (exact) mass is 386 g/mol. The lowest BCUT2D eigenvalue weighted by Gasteiger charge is -2.25. The first-order chi connectivity index (χ1) is 13.9. The van der Waals surface area contributed by atoms with E-state index in [1.165, 1.54) is 11.1 Å². The standard InChI is InChI=1S/C23H26N6/c1-17-8-5-6-10-19(17)15-28(14-18-9-7-11-24-12-18)21-20-13-27-29(23(2,3)4)22(20)26-16-25-21/h5-13,16H,14-15H2,1-4H3. The highest BCUT2D eigenvalue weighted by atomic mass is 15.3.